The van der Waals surface area contributed by atoms with E-state index >= 15 is 0 Å². The number of ether oxygens (including phenoxy) is 5. The lowest BCUT2D eigenvalue weighted by Crippen LogP contribution is -2.01. The first-order valence-electron chi connectivity index (χ1n) is 8.26. The molecule has 0 spiro atoms. The Morgan fingerprint density at radius 2 is 1.61 bits per heavy atom. The van der Waals surface area contributed by atoms with Gasteiger partial charge in [0.05, 0.1) is 28.4 Å². The molecule has 0 saturated heterocycles. The minimum Gasteiger partial charge on any atom is -0.496 e. The number of esters is 2. The Morgan fingerprint density at radius 3 is 2.21 bits per heavy atom. The van der Waals surface area contributed by atoms with Gasteiger partial charge in [0.15, 0.2) is 11.5 Å². The maximum atomic E-state index is 12.0. The van der Waals surface area contributed by atoms with Gasteiger partial charge in [0.1, 0.15) is 29.4 Å². The Morgan fingerprint density at radius 1 is 0.964 bits per heavy atom. The molecule has 1 heterocycles. The molecule has 0 bridgehead atoms. The second kappa shape index (κ2) is 9.50. The highest BCUT2D eigenvalue weighted by Crippen LogP contribution is 2.35. The molecular weight excluding hydrogens is 368 g/mol. The minimum atomic E-state index is -0.592. The van der Waals surface area contributed by atoms with Crippen LogP contribution < -0.4 is 14.2 Å². The molecule has 0 amide bonds. The van der Waals surface area contributed by atoms with Gasteiger partial charge in [-0.3, -0.25) is 0 Å². The van der Waals surface area contributed by atoms with Crippen molar-refractivity contribution in [2.45, 2.75) is 13.5 Å². The Kier molecular flexibility index (Phi) is 7.08. The molecule has 0 aliphatic rings. The summed E-state index contributed by atoms with van der Waals surface area (Å²) in [6.07, 6.45) is 2.79. The summed E-state index contributed by atoms with van der Waals surface area (Å²) in [7, 11) is 5.82. The fourth-order valence-corrected chi connectivity index (χ4v) is 2.46. The van der Waals surface area contributed by atoms with Gasteiger partial charge in [0.2, 0.25) is 0 Å². The lowest BCUT2D eigenvalue weighted by molar-refractivity contribution is -0.139. The smallest absolute Gasteiger partial charge is 0.341 e. The highest BCUT2D eigenvalue weighted by atomic mass is 16.5. The van der Waals surface area contributed by atoms with Crippen LogP contribution in [0, 0.1) is 6.92 Å². The third-order valence-corrected chi connectivity index (χ3v) is 3.87. The molecule has 0 N–H and O–H groups in total. The monoisotopic (exact) mass is 390 g/mol. The van der Waals surface area contributed by atoms with Crippen LogP contribution in [-0.4, -0.2) is 40.4 Å². The maximum absolute atomic E-state index is 12.0. The third kappa shape index (κ3) is 4.85. The summed E-state index contributed by atoms with van der Waals surface area (Å²) in [6.45, 7) is 1.50. The van der Waals surface area contributed by atoms with E-state index in [1.165, 1.54) is 46.7 Å². The molecular formula is C20H22O8. The molecule has 0 radical (unpaired) electrons. The van der Waals surface area contributed by atoms with Crippen LogP contribution in [0.2, 0.25) is 0 Å². The molecule has 0 atom stereocenters. The van der Waals surface area contributed by atoms with E-state index in [1.807, 2.05) is 0 Å². The van der Waals surface area contributed by atoms with Crippen LogP contribution in [0.3, 0.4) is 0 Å². The Balaban J connectivity index is 2.07. The number of furan rings is 1. The third-order valence-electron chi connectivity index (χ3n) is 3.87. The summed E-state index contributed by atoms with van der Waals surface area (Å²) in [5.74, 6) is 1.13. The van der Waals surface area contributed by atoms with Crippen molar-refractivity contribution in [3.63, 3.8) is 0 Å². The molecule has 0 aliphatic carbocycles. The molecule has 28 heavy (non-hydrogen) atoms. The highest BCUT2D eigenvalue weighted by molar-refractivity contribution is 5.90. The first-order valence-corrected chi connectivity index (χ1v) is 8.26. The van der Waals surface area contributed by atoms with Crippen molar-refractivity contribution in [1.29, 1.82) is 0 Å². The Bertz CT molecular complexity index is 879. The van der Waals surface area contributed by atoms with Crippen molar-refractivity contribution in [3.05, 3.63) is 46.9 Å². The number of methoxy groups -OCH3 is 4. The number of hydrogen-bond acceptors (Lipinski definition) is 8. The summed E-state index contributed by atoms with van der Waals surface area (Å²) >= 11 is 0. The van der Waals surface area contributed by atoms with Gasteiger partial charge in [-0.2, -0.15) is 0 Å². The maximum Gasteiger partial charge on any atom is 0.341 e. The molecule has 0 saturated carbocycles. The normalized spacial score (nSPS) is 10.6. The number of carbonyl (C=O) groups excluding carboxylic acids is 2. The molecule has 2 aromatic rings. The molecule has 0 aliphatic heterocycles. The molecule has 8 heteroatoms. The largest absolute Gasteiger partial charge is 0.496 e. The van der Waals surface area contributed by atoms with Gasteiger partial charge < -0.3 is 28.1 Å². The Hall–Kier alpha value is -3.42. The summed E-state index contributed by atoms with van der Waals surface area (Å²) in [5.41, 5.74) is 0.901. The van der Waals surface area contributed by atoms with Gasteiger partial charge in [0, 0.05) is 17.7 Å². The van der Waals surface area contributed by atoms with E-state index in [4.69, 9.17) is 23.4 Å². The van der Waals surface area contributed by atoms with Gasteiger partial charge in [-0.15, -0.1) is 0 Å². The van der Waals surface area contributed by atoms with Gasteiger partial charge in [-0.25, -0.2) is 9.59 Å². The average Bonchev–Trinajstić information content (AvgIpc) is 3.09. The molecule has 150 valence electrons. The van der Waals surface area contributed by atoms with Crippen LogP contribution in [0.25, 0.3) is 6.08 Å². The van der Waals surface area contributed by atoms with Crippen molar-refractivity contribution in [1.82, 2.24) is 0 Å². The zero-order valence-electron chi connectivity index (χ0n) is 16.4. The fraction of sp³-hybridized carbons (Fsp3) is 0.300. The molecule has 0 fully saturated rings. The summed E-state index contributed by atoms with van der Waals surface area (Å²) in [4.78, 5) is 23.6. The van der Waals surface area contributed by atoms with Crippen LogP contribution in [0.5, 0.6) is 17.2 Å². The Labute approximate surface area is 162 Å². The topological polar surface area (TPSA) is 93.4 Å². The quantitative estimate of drug-likeness (QED) is 0.501. The molecule has 0 unspecified atom stereocenters. The van der Waals surface area contributed by atoms with E-state index < -0.39 is 11.9 Å². The van der Waals surface area contributed by atoms with Crippen molar-refractivity contribution in [3.8, 4) is 17.2 Å². The van der Waals surface area contributed by atoms with Gasteiger partial charge in [-0.1, -0.05) is 0 Å². The van der Waals surface area contributed by atoms with Crippen molar-refractivity contribution >= 4 is 18.0 Å². The lowest BCUT2D eigenvalue weighted by Gasteiger charge is -2.12. The van der Waals surface area contributed by atoms with Crippen LogP contribution in [0.1, 0.15) is 27.4 Å². The van der Waals surface area contributed by atoms with Crippen LogP contribution >= 0.6 is 0 Å². The average molecular weight is 390 g/mol. The summed E-state index contributed by atoms with van der Waals surface area (Å²) in [6, 6.07) is 4.82. The summed E-state index contributed by atoms with van der Waals surface area (Å²) < 4.78 is 30.9. The van der Waals surface area contributed by atoms with Crippen LogP contribution in [0.4, 0.5) is 0 Å². The molecule has 1 aromatic heterocycles. The predicted octanol–water partition coefficient (Wildman–Crippen LogP) is 3.16. The highest BCUT2D eigenvalue weighted by Gasteiger charge is 2.16. The second-order valence-electron chi connectivity index (χ2n) is 5.56. The first-order chi connectivity index (χ1) is 13.4. The van der Waals surface area contributed by atoms with E-state index in [2.05, 4.69) is 4.74 Å². The van der Waals surface area contributed by atoms with E-state index in [0.29, 0.717) is 39.9 Å². The predicted molar refractivity (Wildman–Crippen MR) is 99.7 cm³/mol. The van der Waals surface area contributed by atoms with Crippen LogP contribution in [0.15, 0.2) is 28.7 Å². The molecule has 1 aromatic carbocycles. The van der Waals surface area contributed by atoms with E-state index in [0.717, 1.165) is 0 Å². The van der Waals surface area contributed by atoms with Crippen molar-refractivity contribution in [2.75, 3.05) is 28.4 Å². The van der Waals surface area contributed by atoms with E-state index in [-0.39, 0.29) is 6.61 Å². The zero-order valence-corrected chi connectivity index (χ0v) is 16.4. The van der Waals surface area contributed by atoms with Gasteiger partial charge in [0.25, 0.3) is 0 Å². The number of carbonyl (C=O) groups is 2. The van der Waals surface area contributed by atoms with Crippen LogP contribution in [-0.2, 0) is 20.9 Å². The number of aryl methyl sites for hydroxylation is 1. The number of benzene rings is 1. The first kappa shape index (κ1) is 20.9. The van der Waals surface area contributed by atoms with E-state index in [1.54, 1.807) is 19.1 Å². The fourth-order valence-electron chi connectivity index (χ4n) is 2.46. The van der Waals surface area contributed by atoms with Gasteiger partial charge in [-0.05, 0) is 25.1 Å². The summed E-state index contributed by atoms with van der Waals surface area (Å²) in [5, 5.41) is 0. The number of hydrogen-bond donors (Lipinski definition) is 0. The zero-order chi connectivity index (χ0) is 20.7. The van der Waals surface area contributed by atoms with Crippen molar-refractivity contribution < 1.29 is 37.7 Å². The second-order valence-corrected chi connectivity index (χ2v) is 5.56. The SMILES string of the molecule is COC(=O)c1cc(COC(=O)/C=C/c2cc(OC)c(OC)cc2OC)oc1C. The lowest BCUT2D eigenvalue weighted by atomic mass is 10.1. The minimum absolute atomic E-state index is 0.121. The van der Waals surface area contributed by atoms with E-state index in [9.17, 15) is 9.59 Å². The number of rotatable bonds is 8. The molecule has 2 rings (SSSR count). The van der Waals surface area contributed by atoms with Crippen molar-refractivity contribution in [2.24, 2.45) is 0 Å². The standard InChI is InChI=1S/C20H22O8/c1-12-15(20(22)26-5)9-14(28-12)11-27-19(21)7-6-13-8-17(24-3)18(25-4)10-16(13)23-2/h6-10H,11H2,1-5H3/b7-6+. The van der Waals surface area contributed by atoms with Gasteiger partial charge >= 0.3 is 11.9 Å². The molecule has 8 nitrogen and oxygen atoms in total.